The van der Waals surface area contributed by atoms with Crippen LogP contribution in [0.1, 0.15) is 26.3 Å². The number of hydrogen-bond acceptors (Lipinski definition) is 5. The minimum atomic E-state index is -0.639. The fourth-order valence-corrected chi connectivity index (χ4v) is 2.40. The summed E-state index contributed by atoms with van der Waals surface area (Å²) in [5.41, 5.74) is 0.309. The van der Waals surface area contributed by atoms with E-state index in [1.807, 2.05) is 24.5 Å². The van der Waals surface area contributed by atoms with Crippen molar-refractivity contribution in [3.05, 3.63) is 23.8 Å². The Morgan fingerprint density at radius 2 is 2.09 bits per heavy atom. The van der Waals surface area contributed by atoms with E-state index in [1.165, 1.54) is 0 Å². The molecule has 0 aromatic heterocycles. The highest BCUT2D eigenvalue weighted by molar-refractivity contribution is 7.98. The largest absolute Gasteiger partial charge is 0.496 e. The summed E-state index contributed by atoms with van der Waals surface area (Å²) in [4.78, 5) is 23.9. The Hall–Kier alpha value is -1.69. The average molecular weight is 325 g/mol. The number of hydrogen-bond donors (Lipinski definition) is 1. The van der Waals surface area contributed by atoms with Crippen LogP contribution in [0.5, 0.6) is 5.75 Å². The molecule has 1 atom stereocenters. The minimum Gasteiger partial charge on any atom is -0.496 e. The Balaban J connectivity index is 2.74. The quantitative estimate of drug-likeness (QED) is 0.643. The molecule has 0 spiro atoms. The first kappa shape index (κ1) is 18.4. The summed E-state index contributed by atoms with van der Waals surface area (Å²) in [5.74, 6) is 0.756. The predicted molar refractivity (Wildman–Crippen MR) is 87.7 cm³/mol. The van der Waals surface area contributed by atoms with Crippen LogP contribution in [-0.2, 0) is 16.0 Å². The molecular weight excluding hydrogens is 302 g/mol. The molecule has 0 bridgehead atoms. The summed E-state index contributed by atoms with van der Waals surface area (Å²) >= 11 is 1.59. The van der Waals surface area contributed by atoms with E-state index in [2.05, 4.69) is 5.32 Å². The molecular formula is C16H23NO4S. The van der Waals surface area contributed by atoms with Gasteiger partial charge in [0.15, 0.2) is 0 Å². The van der Waals surface area contributed by atoms with Crippen LogP contribution in [0.25, 0.3) is 0 Å². The highest BCUT2D eigenvalue weighted by Gasteiger charge is 2.19. The van der Waals surface area contributed by atoms with Crippen LogP contribution in [0.3, 0.4) is 0 Å². The Morgan fingerprint density at radius 3 is 2.59 bits per heavy atom. The standard InChI is InChI=1S/C16H23NO4S/c1-16(2,3)21-15(19)17-12(10-18)8-11-6-7-14(22-5)13(9-11)20-4/h6-7,9-10,12H,8H2,1-5H3,(H,17,19). The van der Waals surface area contributed by atoms with E-state index in [1.54, 1.807) is 39.6 Å². The van der Waals surface area contributed by atoms with Crippen molar-refractivity contribution in [1.29, 1.82) is 0 Å². The second kappa shape index (κ2) is 8.08. The van der Waals surface area contributed by atoms with Crippen LogP contribution in [0.15, 0.2) is 23.1 Å². The topological polar surface area (TPSA) is 64.6 Å². The number of alkyl carbamates (subject to hydrolysis) is 1. The molecule has 22 heavy (non-hydrogen) atoms. The molecule has 122 valence electrons. The van der Waals surface area contributed by atoms with Gasteiger partial charge in [0.2, 0.25) is 0 Å². The van der Waals surface area contributed by atoms with Gasteiger partial charge >= 0.3 is 6.09 Å². The molecule has 0 heterocycles. The molecule has 0 fully saturated rings. The van der Waals surface area contributed by atoms with Gasteiger partial charge in [0.05, 0.1) is 13.2 Å². The van der Waals surface area contributed by atoms with Crippen molar-refractivity contribution in [2.45, 2.75) is 43.7 Å². The number of aldehydes is 1. The van der Waals surface area contributed by atoms with Crippen molar-refractivity contribution >= 4 is 24.1 Å². The van der Waals surface area contributed by atoms with E-state index in [-0.39, 0.29) is 0 Å². The lowest BCUT2D eigenvalue weighted by Gasteiger charge is -2.21. The molecule has 1 N–H and O–H groups in total. The number of methoxy groups -OCH3 is 1. The van der Waals surface area contributed by atoms with Crippen molar-refractivity contribution in [2.24, 2.45) is 0 Å². The number of rotatable bonds is 6. The van der Waals surface area contributed by atoms with Gasteiger partial charge in [-0.3, -0.25) is 0 Å². The highest BCUT2D eigenvalue weighted by Crippen LogP contribution is 2.28. The zero-order valence-corrected chi connectivity index (χ0v) is 14.5. The lowest BCUT2D eigenvalue weighted by atomic mass is 10.1. The van der Waals surface area contributed by atoms with Gasteiger partial charge < -0.3 is 19.6 Å². The van der Waals surface area contributed by atoms with Gasteiger partial charge in [0, 0.05) is 4.90 Å². The molecule has 1 rings (SSSR count). The van der Waals surface area contributed by atoms with E-state index < -0.39 is 17.7 Å². The molecule has 0 saturated heterocycles. The lowest BCUT2D eigenvalue weighted by molar-refractivity contribution is -0.109. The second-order valence-corrected chi connectivity index (χ2v) is 6.63. The molecule has 0 aliphatic heterocycles. The average Bonchev–Trinajstić information content (AvgIpc) is 2.44. The third-order valence-corrected chi connectivity index (χ3v) is 3.55. The summed E-state index contributed by atoms with van der Waals surface area (Å²) < 4.78 is 10.5. The highest BCUT2D eigenvalue weighted by atomic mass is 32.2. The van der Waals surface area contributed by atoms with E-state index >= 15 is 0 Å². The van der Waals surface area contributed by atoms with Crippen molar-refractivity contribution in [3.8, 4) is 5.75 Å². The summed E-state index contributed by atoms with van der Waals surface area (Å²) in [5, 5.41) is 2.56. The van der Waals surface area contributed by atoms with E-state index in [4.69, 9.17) is 9.47 Å². The number of thioether (sulfide) groups is 1. The smallest absolute Gasteiger partial charge is 0.408 e. The molecule has 1 aromatic carbocycles. The number of amides is 1. The van der Waals surface area contributed by atoms with Crippen LogP contribution in [0, 0.1) is 0 Å². The fourth-order valence-electron chi connectivity index (χ4n) is 1.85. The van der Waals surface area contributed by atoms with Crippen LogP contribution < -0.4 is 10.1 Å². The molecule has 5 nitrogen and oxygen atoms in total. The van der Waals surface area contributed by atoms with Crippen molar-refractivity contribution in [2.75, 3.05) is 13.4 Å². The third kappa shape index (κ3) is 5.97. The monoisotopic (exact) mass is 325 g/mol. The first-order valence-corrected chi connectivity index (χ1v) is 8.17. The van der Waals surface area contributed by atoms with Gasteiger partial charge in [-0.2, -0.15) is 0 Å². The molecule has 1 unspecified atom stereocenters. The van der Waals surface area contributed by atoms with Gasteiger partial charge in [0.25, 0.3) is 0 Å². The van der Waals surface area contributed by atoms with E-state index in [0.29, 0.717) is 12.7 Å². The zero-order chi connectivity index (χ0) is 16.8. The maximum Gasteiger partial charge on any atom is 0.408 e. The number of carbonyl (C=O) groups is 2. The molecule has 0 saturated carbocycles. The Morgan fingerprint density at radius 1 is 1.41 bits per heavy atom. The second-order valence-electron chi connectivity index (χ2n) is 5.78. The van der Waals surface area contributed by atoms with Crippen LogP contribution in [0.2, 0.25) is 0 Å². The van der Waals surface area contributed by atoms with Gasteiger partial charge in [-0.1, -0.05) is 6.07 Å². The molecule has 1 aromatic rings. The summed E-state index contributed by atoms with van der Waals surface area (Å²) in [6, 6.07) is 5.09. The molecule has 0 aliphatic carbocycles. The first-order valence-electron chi connectivity index (χ1n) is 6.94. The van der Waals surface area contributed by atoms with Gasteiger partial charge in [-0.25, -0.2) is 4.79 Å². The zero-order valence-electron chi connectivity index (χ0n) is 13.6. The van der Waals surface area contributed by atoms with Gasteiger partial charge in [0.1, 0.15) is 17.6 Å². The number of ether oxygens (including phenoxy) is 2. The molecule has 1 amide bonds. The summed E-state index contributed by atoms with van der Waals surface area (Å²) in [7, 11) is 1.61. The lowest BCUT2D eigenvalue weighted by Crippen LogP contribution is -2.41. The van der Waals surface area contributed by atoms with Crippen LogP contribution in [0.4, 0.5) is 4.79 Å². The van der Waals surface area contributed by atoms with Crippen molar-refractivity contribution < 1.29 is 19.1 Å². The van der Waals surface area contributed by atoms with E-state index in [9.17, 15) is 9.59 Å². The number of nitrogens with one attached hydrogen (secondary N) is 1. The Bertz CT molecular complexity index is 525. The maximum absolute atomic E-state index is 11.7. The first-order chi connectivity index (χ1) is 10.3. The van der Waals surface area contributed by atoms with Crippen LogP contribution >= 0.6 is 11.8 Å². The van der Waals surface area contributed by atoms with Gasteiger partial charge in [-0.05, 0) is 51.1 Å². The summed E-state index contributed by atoms with van der Waals surface area (Å²) in [6.45, 7) is 5.32. The minimum absolute atomic E-state index is 0.383. The number of carbonyl (C=O) groups excluding carboxylic acids is 2. The van der Waals surface area contributed by atoms with E-state index in [0.717, 1.165) is 16.2 Å². The number of benzene rings is 1. The predicted octanol–water partition coefficient (Wildman–Crippen LogP) is 3.05. The van der Waals surface area contributed by atoms with Crippen LogP contribution in [-0.4, -0.2) is 37.4 Å². The van der Waals surface area contributed by atoms with Crippen molar-refractivity contribution in [3.63, 3.8) is 0 Å². The Labute approximate surface area is 135 Å². The fraction of sp³-hybridized carbons (Fsp3) is 0.500. The third-order valence-electron chi connectivity index (χ3n) is 2.77. The van der Waals surface area contributed by atoms with Gasteiger partial charge in [-0.15, -0.1) is 11.8 Å². The molecule has 0 radical (unpaired) electrons. The van der Waals surface area contributed by atoms with Crippen molar-refractivity contribution in [1.82, 2.24) is 5.32 Å². The SMILES string of the molecule is COc1cc(CC(C=O)NC(=O)OC(C)(C)C)ccc1SC. The molecule has 0 aliphatic rings. The normalized spacial score (nSPS) is 12.4. The Kier molecular flexibility index (Phi) is 6.74. The molecule has 6 heteroatoms. The summed E-state index contributed by atoms with van der Waals surface area (Å²) in [6.07, 6.45) is 2.46. The maximum atomic E-state index is 11.7.